The Bertz CT molecular complexity index is 1450. The zero-order valence-electron chi connectivity index (χ0n) is 19.7. The second-order valence-electron chi connectivity index (χ2n) is 9.84. The van der Waals surface area contributed by atoms with Crippen molar-refractivity contribution in [3.8, 4) is 0 Å². The number of nitrogens with one attached hydrogen (secondary N) is 1. The minimum atomic E-state index is -1.92. The molecular weight excluding hydrogens is 508 g/mol. The zero-order chi connectivity index (χ0) is 26.2. The van der Waals surface area contributed by atoms with Gasteiger partial charge in [0.25, 0.3) is 0 Å². The third kappa shape index (κ3) is 3.28. The first-order chi connectivity index (χ1) is 16.9. The molecule has 0 saturated heterocycles. The number of amides is 1. The van der Waals surface area contributed by atoms with Crippen molar-refractivity contribution in [2.75, 3.05) is 17.3 Å². The van der Waals surface area contributed by atoms with E-state index in [-0.39, 0.29) is 46.3 Å². The topological polar surface area (TPSA) is 102 Å². The van der Waals surface area contributed by atoms with E-state index < -0.39 is 28.5 Å². The summed E-state index contributed by atoms with van der Waals surface area (Å²) in [6.07, 6.45) is 0.373. The Balaban J connectivity index is 1.95. The Labute approximate surface area is 216 Å². The number of Topliss-reactive ketones (excluding diaryl/α,β-unsaturated/α-hetero) is 1. The highest BCUT2D eigenvalue weighted by molar-refractivity contribution is 6.32. The summed E-state index contributed by atoms with van der Waals surface area (Å²) in [5, 5.41) is 3.23. The summed E-state index contributed by atoms with van der Waals surface area (Å²) < 4.78 is 20.3. The monoisotopic (exact) mass is 529 g/mol. The number of nitrogens with two attached hydrogens (primary N) is 1. The number of esters is 1. The summed E-state index contributed by atoms with van der Waals surface area (Å²) in [5.41, 5.74) is 4.94. The molecule has 5 rings (SSSR count). The Kier molecular flexibility index (Phi) is 5.46. The molecule has 36 heavy (non-hydrogen) atoms. The summed E-state index contributed by atoms with van der Waals surface area (Å²) in [6, 6.07) is 8.71. The number of allylic oxidation sites excluding steroid dienone is 1. The van der Waals surface area contributed by atoms with Crippen LogP contribution in [-0.2, 0) is 24.5 Å². The van der Waals surface area contributed by atoms with E-state index in [4.69, 9.17) is 33.7 Å². The zero-order valence-corrected chi connectivity index (χ0v) is 21.2. The van der Waals surface area contributed by atoms with Crippen LogP contribution in [0.3, 0.4) is 0 Å². The van der Waals surface area contributed by atoms with Crippen LogP contribution in [0, 0.1) is 11.2 Å². The van der Waals surface area contributed by atoms with E-state index in [1.54, 1.807) is 12.1 Å². The molecule has 1 aliphatic carbocycles. The summed E-state index contributed by atoms with van der Waals surface area (Å²) in [5.74, 6) is -2.88. The van der Waals surface area contributed by atoms with Gasteiger partial charge in [0.05, 0.1) is 12.8 Å². The highest BCUT2D eigenvalue weighted by atomic mass is 35.5. The summed E-state index contributed by atoms with van der Waals surface area (Å²) in [7, 11) is 1.14. The summed E-state index contributed by atoms with van der Waals surface area (Å²) in [6.45, 7) is 3.79. The number of hydrogen-bond acceptors (Lipinski definition) is 6. The molecule has 1 amide bonds. The number of hydrogen-bond donors (Lipinski definition) is 2. The van der Waals surface area contributed by atoms with Crippen molar-refractivity contribution in [3.63, 3.8) is 0 Å². The molecule has 0 fully saturated rings. The normalized spacial score (nSPS) is 22.6. The maximum Gasteiger partial charge on any atom is 0.339 e. The molecule has 0 aromatic heterocycles. The van der Waals surface area contributed by atoms with E-state index in [1.807, 2.05) is 13.8 Å². The van der Waals surface area contributed by atoms with Crippen molar-refractivity contribution in [3.05, 3.63) is 80.5 Å². The van der Waals surface area contributed by atoms with E-state index in [1.165, 1.54) is 23.1 Å². The molecule has 3 N–H and O–H groups in total. The van der Waals surface area contributed by atoms with Crippen molar-refractivity contribution in [2.45, 2.75) is 32.1 Å². The number of carbonyl (C=O) groups excluding carboxylic acids is 3. The fourth-order valence-corrected chi connectivity index (χ4v) is 5.88. The predicted octanol–water partition coefficient (Wildman–Crippen LogP) is 4.83. The van der Waals surface area contributed by atoms with E-state index in [0.717, 1.165) is 13.2 Å². The molecule has 1 atom stereocenters. The van der Waals surface area contributed by atoms with E-state index in [0.29, 0.717) is 22.0 Å². The van der Waals surface area contributed by atoms with Crippen LogP contribution in [0.5, 0.6) is 0 Å². The van der Waals surface area contributed by atoms with E-state index >= 15 is 4.39 Å². The summed E-state index contributed by atoms with van der Waals surface area (Å²) in [4.78, 5) is 42.4. The van der Waals surface area contributed by atoms with Gasteiger partial charge in [-0.3, -0.25) is 14.5 Å². The minimum Gasteiger partial charge on any atom is -0.466 e. The van der Waals surface area contributed by atoms with Gasteiger partial charge in [-0.05, 0) is 48.2 Å². The smallest absolute Gasteiger partial charge is 0.339 e. The lowest BCUT2D eigenvalue weighted by Gasteiger charge is -2.47. The number of benzene rings is 2. The standard InChI is InChI=1S/C26H22Cl2FN3O4/c1-25(2)10-18-20(19(33)11-25)26(14-8-12(27)4-6-16(14)31-24(26)35)21(23(34)36-3)22(30)32(18)17-7-5-13(28)9-15(17)29/h4-9H,10-11,30H2,1-3H3,(H,31,35). The lowest BCUT2D eigenvalue weighted by molar-refractivity contribution is -0.138. The van der Waals surface area contributed by atoms with Gasteiger partial charge in [-0.2, -0.15) is 0 Å². The fourth-order valence-electron chi connectivity index (χ4n) is 5.55. The van der Waals surface area contributed by atoms with Crippen molar-refractivity contribution in [1.82, 2.24) is 0 Å². The molecule has 10 heteroatoms. The third-order valence-electron chi connectivity index (χ3n) is 6.88. The van der Waals surface area contributed by atoms with Gasteiger partial charge in [-0.25, -0.2) is 9.18 Å². The van der Waals surface area contributed by atoms with Crippen LogP contribution >= 0.6 is 23.2 Å². The van der Waals surface area contributed by atoms with Crippen molar-refractivity contribution < 1.29 is 23.5 Å². The average molecular weight is 530 g/mol. The number of fused-ring (bicyclic) bond motifs is 3. The SMILES string of the molecule is COC(=O)C1=C(N)N(c2ccc(Cl)cc2F)C2=C(C(=O)CC(C)(C)C2)C12C(=O)Nc1ccc(Cl)cc12. The van der Waals surface area contributed by atoms with Crippen molar-refractivity contribution in [2.24, 2.45) is 11.1 Å². The van der Waals surface area contributed by atoms with Gasteiger partial charge in [-0.15, -0.1) is 0 Å². The molecule has 0 saturated carbocycles. The van der Waals surface area contributed by atoms with Crippen molar-refractivity contribution >= 4 is 52.2 Å². The largest absolute Gasteiger partial charge is 0.466 e. The number of carbonyl (C=O) groups is 3. The number of anilines is 2. The minimum absolute atomic E-state index is 0.0177. The maximum absolute atomic E-state index is 15.3. The molecule has 1 unspecified atom stereocenters. The lowest BCUT2D eigenvalue weighted by Crippen LogP contribution is -2.54. The fraction of sp³-hybridized carbons (Fsp3) is 0.269. The van der Waals surface area contributed by atoms with Gasteiger partial charge in [-0.1, -0.05) is 37.0 Å². The van der Waals surface area contributed by atoms with Gasteiger partial charge in [0.1, 0.15) is 22.6 Å². The van der Waals surface area contributed by atoms with Crippen LogP contribution in [0.2, 0.25) is 10.0 Å². The van der Waals surface area contributed by atoms with Crippen LogP contribution in [0.4, 0.5) is 15.8 Å². The predicted molar refractivity (Wildman–Crippen MR) is 134 cm³/mol. The third-order valence-corrected chi connectivity index (χ3v) is 7.35. The molecule has 1 spiro atoms. The van der Waals surface area contributed by atoms with Gasteiger partial charge < -0.3 is 15.8 Å². The molecule has 2 aliphatic heterocycles. The maximum atomic E-state index is 15.3. The van der Waals surface area contributed by atoms with Crippen LogP contribution in [0.15, 0.2) is 59.1 Å². The highest BCUT2D eigenvalue weighted by Crippen LogP contribution is 2.57. The first-order valence-corrected chi connectivity index (χ1v) is 11.9. The van der Waals surface area contributed by atoms with Crippen LogP contribution in [-0.4, -0.2) is 24.8 Å². The number of rotatable bonds is 2. The first kappa shape index (κ1) is 24.3. The van der Waals surface area contributed by atoms with Crippen molar-refractivity contribution in [1.29, 1.82) is 0 Å². The number of nitrogens with zero attached hydrogens (tertiary/aromatic N) is 1. The lowest BCUT2D eigenvalue weighted by atomic mass is 9.60. The number of ketones is 1. The van der Waals surface area contributed by atoms with Crippen LogP contribution in [0.25, 0.3) is 0 Å². The van der Waals surface area contributed by atoms with Gasteiger partial charge >= 0.3 is 5.97 Å². The van der Waals surface area contributed by atoms with E-state index in [9.17, 15) is 14.4 Å². The second kappa shape index (κ2) is 8.08. The summed E-state index contributed by atoms with van der Waals surface area (Å²) >= 11 is 12.3. The molecule has 0 bridgehead atoms. The average Bonchev–Trinajstić information content (AvgIpc) is 3.05. The molecule has 0 radical (unpaired) electrons. The molecule has 2 heterocycles. The number of ether oxygens (including phenoxy) is 1. The number of methoxy groups -OCH3 is 1. The molecule has 2 aromatic carbocycles. The molecule has 7 nitrogen and oxygen atoms in total. The highest BCUT2D eigenvalue weighted by Gasteiger charge is 2.63. The molecule has 3 aliphatic rings. The quantitative estimate of drug-likeness (QED) is 0.540. The number of halogens is 3. The van der Waals surface area contributed by atoms with Crippen LogP contribution < -0.4 is 16.0 Å². The molecular formula is C26H22Cl2FN3O4. The molecule has 186 valence electrons. The first-order valence-electron chi connectivity index (χ1n) is 11.1. The molecule has 2 aromatic rings. The van der Waals surface area contributed by atoms with Gasteiger partial charge in [0.15, 0.2) is 5.78 Å². The Hall–Kier alpha value is -3.36. The Morgan fingerprint density at radius 2 is 1.78 bits per heavy atom. The van der Waals surface area contributed by atoms with E-state index in [2.05, 4.69) is 5.32 Å². The van der Waals surface area contributed by atoms with Gasteiger partial charge in [0.2, 0.25) is 5.91 Å². The Morgan fingerprint density at radius 3 is 2.44 bits per heavy atom. The van der Waals surface area contributed by atoms with Gasteiger partial charge in [0, 0.05) is 39.0 Å². The van der Waals surface area contributed by atoms with Crippen LogP contribution in [0.1, 0.15) is 32.3 Å². The Morgan fingerprint density at radius 1 is 1.11 bits per heavy atom. The second-order valence-corrected chi connectivity index (χ2v) is 10.7.